The predicted octanol–water partition coefficient (Wildman–Crippen LogP) is 5.38. The number of aromatic nitrogens is 3. The first-order chi connectivity index (χ1) is 15.7. The number of fused-ring (bicyclic) bond motifs is 1. The fourth-order valence-corrected chi connectivity index (χ4v) is 3.36. The van der Waals surface area contributed by atoms with Gasteiger partial charge in [-0.1, -0.05) is 24.3 Å². The van der Waals surface area contributed by atoms with Crippen molar-refractivity contribution in [2.75, 3.05) is 5.32 Å². The van der Waals surface area contributed by atoms with E-state index in [0.717, 1.165) is 22.4 Å². The number of para-hydroxylation sites is 1. The largest absolute Gasteiger partial charge is 0.508 e. The number of pyridine rings is 1. The van der Waals surface area contributed by atoms with E-state index in [2.05, 4.69) is 20.5 Å². The minimum Gasteiger partial charge on any atom is -0.508 e. The van der Waals surface area contributed by atoms with Crippen molar-refractivity contribution in [1.82, 2.24) is 15.2 Å². The van der Waals surface area contributed by atoms with E-state index in [1.54, 1.807) is 24.5 Å². The maximum Gasteiger partial charge on any atom is 0.276 e. The number of hydrogen-bond acceptors (Lipinski definition) is 5. The van der Waals surface area contributed by atoms with Gasteiger partial charge in [0.05, 0.1) is 11.7 Å². The number of aromatic hydroxyl groups is 1. The fraction of sp³-hybridized carbons (Fsp3) is 0. The number of benzene rings is 3. The standard InChI is InChI=1S/C25H18N4O3/c30-19-9-7-18(8-10-19)27-25(31)24-22-13-16(6-11-23(22)28-29-24)17-12-21(15-26-14-17)32-20-4-2-1-3-5-20/h1-15,30H,(H,27,31)(H,28,29). The smallest absolute Gasteiger partial charge is 0.276 e. The van der Waals surface area contributed by atoms with Gasteiger partial charge >= 0.3 is 0 Å². The molecule has 3 aromatic carbocycles. The lowest BCUT2D eigenvalue weighted by molar-refractivity contribution is 0.102. The Labute approximate surface area is 183 Å². The molecular weight excluding hydrogens is 404 g/mol. The molecule has 2 aromatic heterocycles. The molecule has 0 atom stereocenters. The quantitative estimate of drug-likeness (QED) is 0.330. The number of nitrogens with one attached hydrogen (secondary N) is 2. The number of nitrogens with zero attached hydrogens (tertiary/aromatic N) is 2. The second kappa shape index (κ2) is 8.23. The van der Waals surface area contributed by atoms with Gasteiger partial charge in [0.25, 0.3) is 5.91 Å². The molecule has 0 aliphatic carbocycles. The number of carbonyl (C=O) groups excluding carboxylic acids is 1. The molecule has 0 saturated heterocycles. The zero-order valence-corrected chi connectivity index (χ0v) is 16.8. The van der Waals surface area contributed by atoms with Crippen LogP contribution in [0.4, 0.5) is 5.69 Å². The maximum absolute atomic E-state index is 12.8. The second-order valence-electron chi connectivity index (χ2n) is 7.16. The highest BCUT2D eigenvalue weighted by molar-refractivity contribution is 6.11. The van der Waals surface area contributed by atoms with Gasteiger partial charge in [-0.25, -0.2) is 0 Å². The maximum atomic E-state index is 12.8. The molecule has 3 N–H and O–H groups in total. The number of anilines is 1. The van der Waals surface area contributed by atoms with Crippen molar-refractivity contribution in [3.05, 3.63) is 97.0 Å². The number of hydrogen-bond donors (Lipinski definition) is 3. The first kappa shape index (κ1) is 19.3. The van der Waals surface area contributed by atoms with Crippen molar-refractivity contribution in [2.24, 2.45) is 0 Å². The second-order valence-corrected chi connectivity index (χ2v) is 7.16. The highest BCUT2D eigenvalue weighted by atomic mass is 16.5. The Morgan fingerprint density at radius 3 is 2.50 bits per heavy atom. The summed E-state index contributed by atoms with van der Waals surface area (Å²) in [4.78, 5) is 17.1. The Kier molecular flexibility index (Phi) is 4.97. The van der Waals surface area contributed by atoms with Gasteiger partial charge in [-0.15, -0.1) is 0 Å². The molecule has 7 heteroatoms. The van der Waals surface area contributed by atoms with Crippen LogP contribution >= 0.6 is 0 Å². The molecule has 0 bridgehead atoms. The van der Waals surface area contributed by atoms with Crippen molar-refractivity contribution < 1.29 is 14.6 Å². The third-order valence-corrected chi connectivity index (χ3v) is 4.93. The summed E-state index contributed by atoms with van der Waals surface area (Å²) in [6, 6.07) is 23.4. The summed E-state index contributed by atoms with van der Waals surface area (Å²) in [5.74, 6) is 1.12. The normalized spacial score (nSPS) is 10.8. The van der Waals surface area contributed by atoms with E-state index in [1.165, 1.54) is 12.1 Å². The van der Waals surface area contributed by atoms with Gasteiger partial charge in [-0.05, 0) is 60.2 Å². The van der Waals surface area contributed by atoms with E-state index in [-0.39, 0.29) is 17.4 Å². The topological polar surface area (TPSA) is 100 Å². The van der Waals surface area contributed by atoms with Gasteiger partial charge in [0.1, 0.15) is 17.2 Å². The van der Waals surface area contributed by atoms with E-state index in [4.69, 9.17) is 4.74 Å². The molecule has 32 heavy (non-hydrogen) atoms. The molecule has 0 radical (unpaired) electrons. The molecular formula is C25H18N4O3. The first-order valence-corrected chi connectivity index (χ1v) is 9.92. The summed E-state index contributed by atoms with van der Waals surface area (Å²) < 4.78 is 5.89. The first-order valence-electron chi connectivity index (χ1n) is 9.92. The summed E-state index contributed by atoms with van der Waals surface area (Å²) in [5, 5.41) is 20.0. The summed E-state index contributed by atoms with van der Waals surface area (Å²) in [5.41, 5.74) is 3.32. The molecule has 0 unspecified atom stereocenters. The zero-order valence-electron chi connectivity index (χ0n) is 16.8. The van der Waals surface area contributed by atoms with E-state index in [0.29, 0.717) is 16.8 Å². The molecule has 0 spiro atoms. The van der Waals surface area contributed by atoms with Gasteiger partial charge in [0, 0.05) is 22.8 Å². The van der Waals surface area contributed by atoms with Gasteiger partial charge in [-0.2, -0.15) is 5.10 Å². The number of amides is 1. The minimum absolute atomic E-state index is 0.130. The van der Waals surface area contributed by atoms with E-state index >= 15 is 0 Å². The summed E-state index contributed by atoms with van der Waals surface area (Å²) in [6.45, 7) is 0. The van der Waals surface area contributed by atoms with Gasteiger partial charge < -0.3 is 15.2 Å². The van der Waals surface area contributed by atoms with Crippen molar-refractivity contribution in [2.45, 2.75) is 0 Å². The molecule has 0 aliphatic rings. The molecule has 0 fully saturated rings. The predicted molar refractivity (Wildman–Crippen MR) is 122 cm³/mol. The van der Waals surface area contributed by atoms with Crippen LogP contribution in [0, 0.1) is 0 Å². The Morgan fingerprint density at radius 2 is 1.69 bits per heavy atom. The number of phenols is 1. The third-order valence-electron chi connectivity index (χ3n) is 4.93. The van der Waals surface area contributed by atoms with E-state index < -0.39 is 0 Å². The van der Waals surface area contributed by atoms with Crippen LogP contribution in [0.3, 0.4) is 0 Å². The number of carbonyl (C=O) groups is 1. The molecule has 7 nitrogen and oxygen atoms in total. The summed E-state index contributed by atoms with van der Waals surface area (Å²) in [7, 11) is 0. The lowest BCUT2D eigenvalue weighted by Crippen LogP contribution is -2.12. The molecule has 5 aromatic rings. The number of ether oxygens (including phenoxy) is 1. The zero-order chi connectivity index (χ0) is 21.9. The number of phenolic OH excluding ortho intramolecular Hbond substituents is 1. The van der Waals surface area contributed by atoms with Gasteiger partial charge in [-0.3, -0.25) is 14.9 Å². The molecule has 1 amide bonds. The van der Waals surface area contributed by atoms with Crippen LogP contribution in [0.15, 0.2) is 91.3 Å². The van der Waals surface area contributed by atoms with E-state index in [9.17, 15) is 9.90 Å². The Balaban J connectivity index is 1.44. The highest BCUT2D eigenvalue weighted by Crippen LogP contribution is 2.29. The average Bonchev–Trinajstić information content (AvgIpc) is 3.25. The van der Waals surface area contributed by atoms with Crippen LogP contribution in [0.25, 0.3) is 22.0 Å². The highest BCUT2D eigenvalue weighted by Gasteiger charge is 2.15. The minimum atomic E-state index is -0.349. The molecule has 0 saturated carbocycles. The van der Waals surface area contributed by atoms with Crippen LogP contribution in [-0.2, 0) is 0 Å². The monoisotopic (exact) mass is 422 g/mol. The molecule has 2 heterocycles. The van der Waals surface area contributed by atoms with Crippen LogP contribution in [0.1, 0.15) is 10.5 Å². The summed E-state index contributed by atoms with van der Waals surface area (Å²) in [6.07, 6.45) is 3.40. The van der Waals surface area contributed by atoms with Gasteiger partial charge in [0.2, 0.25) is 0 Å². The molecule has 0 aliphatic heterocycles. The van der Waals surface area contributed by atoms with Crippen LogP contribution in [0.5, 0.6) is 17.2 Å². The third kappa shape index (κ3) is 3.99. The SMILES string of the molecule is O=C(Nc1ccc(O)cc1)c1n[nH]c2ccc(-c3cncc(Oc4ccccc4)c3)cc12. The van der Waals surface area contributed by atoms with Crippen molar-refractivity contribution in [3.8, 4) is 28.4 Å². The van der Waals surface area contributed by atoms with Gasteiger partial charge in [0.15, 0.2) is 5.69 Å². The van der Waals surface area contributed by atoms with Crippen molar-refractivity contribution in [1.29, 1.82) is 0 Å². The van der Waals surface area contributed by atoms with Crippen molar-refractivity contribution in [3.63, 3.8) is 0 Å². The number of H-pyrrole nitrogens is 1. The number of rotatable bonds is 5. The van der Waals surface area contributed by atoms with Crippen molar-refractivity contribution >= 4 is 22.5 Å². The van der Waals surface area contributed by atoms with Crippen LogP contribution in [0.2, 0.25) is 0 Å². The lowest BCUT2D eigenvalue weighted by atomic mass is 10.0. The lowest BCUT2D eigenvalue weighted by Gasteiger charge is -2.08. The Bertz CT molecular complexity index is 1400. The Morgan fingerprint density at radius 1 is 0.875 bits per heavy atom. The fourth-order valence-electron chi connectivity index (χ4n) is 3.36. The summed E-state index contributed by atoms with van der Waals surface area (Å²) >= 11 is 0. The van der Waals surface area contributed by atoms with Crippen LogP contribution in [-0.4, -0.2) is 26.2 Å². The Hall–Kier alpha value is -4.65. The van der Waals surface area contributed by atoms with Crippen LogP contribution < -0.4 is 10.1 Å². The van der Waals surface area contributed by atoms with E-state index in [1.807, 2.05) is 54.6 Å². The molecule has 5 rings (SSSR count). The molecule has 156 valence electrons. The number of aromatic amines is 1. The average molecular weight is 422 g/mol.